The summed E-state index contributed by atoms with van der Waals surface area (Å²) in [7, 11) is 1.48. The predicted molar refractivity (Wildman–Crippen MR) is 201 cm³/mol. The Balaban J connectivity index is 1.47. The van der Waals surface area contributed by atoms with Gasteiger partial charge in [0.1, 0.15) is 42.9 Å². The minimum atomic E-state index is -4.41. The largest absolute Gasteiger partial charge is 0.493 e. The minimum absolute atomic E-state index is 0.0708. The number of aromatic amines is 1. The fourth-order valence-corrected chi connectivity index (χ4v) is 7.50. The molecule has 0 spiro atoms. The molecule has 4 aromatic rings. The number of likely N-dealkylation sites (N-methyl/N-ethyl adjacent to an activating group) is 1. The van der Waals surface area contributed by atoms with Crippen LogP contribution in [-0.2, 0) is 31.6 Å². The lowest BCUT2D eigenvalue weighted by atomic mass is 10.1. The third-order valence-electron chi connectivity index (χ3n) is 8.94. The third-order valence-corrected chi connectivity index (χ3v) is 10.9. The zero-order valence-electron chi connectivity index (χ0n) is 31.3. The Morgan fingerprint density at radius 1 is 1.13 bits per heavy atom. The molecule has 19 nitrogen and oxygen atoms in total. The topological polar surface area (TPSA) is 239 Å². The number of ether oxygens (including phenoxy) is 4. The molecule has 298 valence electrons. The van der Waals surface area contributed by atoms with E-state index in [0.29, 0.717) is 41.4 Å². The number of nitrogens with two attached hydrogens (primary N) is 1. The summed E-state index contributed by atoms with van der Waals surface area (Å²) in [5, 5.41) is 21.6. The molecule has 1 aromatic carbocycles. The molecular weight excluding hydrogens is 741 g/mol. The highest BCUT2D eigenvalue weighted by atomic mass is 31.2. The molecule has 3 unspecified atom stereocenters. The molecule has 0 aliphatic carbocycles. The van der Waals surface area contributed by atoms with Crippen LogP contribution < -0.4 is 35.9 Å². The maximum atomic E-state index is 14.9. The van der Waals surface area contributed by atoms with Crippen molar-refractivity contribution in [3.63, 3.8) is 0 Å². The van der Waals surface area contributed by atoms with Gasteiger partial charge in [0, 0.05) is 38.5 Å². The van der Waals surface area contributed by atoms with E-state index in [9.17, 15) is 24.4 Å². The standard InChI is InChI=1S/C35H46N7O12P/c1-8-41(33-29(20(2)3)32(36)37-19-38-33)28-16-24(25(17-43)52-28)54-55(47,40(4)13-11-21-9-10-22(48-5)23(15-21)49-6)51-18-26-30(45)31(50-7)34(53-26)42-14-12-27(44)39-35(42)46/h9-10,12,14-16,19,26,30-31,34,43,45H,2,8,11,13,17-18H2,1,3-7H3,(H2,36,37,38)(H,39,44,46)/t26-,30?,31+,34?,55?/m1/s1. The van der Waals surface area contributed by atoms with E-state index in [2.05, 4.69) is 21.5 Å². The van der Waals surface area contributed by atoms with E-state index in [1.54, 1.807) is 24.0 Å². The van der Waals surface area contributed by atoms with Gasteiger partial charge in [-0.2, -0.15) is 0 Å². The van der Waals surface area contributed by atoms with E-state index in [0.717, 1.165) is 16.2 Å². The second kappa shape index (κ2) is 17.6. The number of H-pyrrole nitrogens is 1. The molecule has 0 saturated carbocycles. The van der Waals surface area contributed by atoms with Gasteiger partial charge in [0.25, 0.3) is 5.56 Å². The molecule has 1 aliphatic heterocycles. The molecule has 5 atom stereocenters. The molecule has 0 bridgehead atoms. The van der Waals surface area contributed by atoms with Crippen LogP contribution in [0.4, 0.5) is 17.5 Å². The molecule has 20 heteroatoms. The fourth-order valence-electron chi connectivity index (χ4n) is 6.03. The molecule has 1 aliphatic rings. The highest BCUT2D eigenvalue weighted by Gasteiger charge is 2.47. The number of benzene rings is 1. The van der Waals surface area contributed by atoms with Crippen molar-refractivity contribution in [3.05, 3.63) is 87.2 Å². The summed E-state index contributed by atoms with van der Waals surface area (Å²) in [4.78, 5) is 36.6. The van der Waals surface area contributed by atoms with Gasteiger partial charge in [0.2, 0.25) is 5.88 Å². The molecule has 1 saturated heterocycles. The smallest absolute Gasteiger partial charge is 0.461 e. The van der Waals surface area contributed by atoms with Crippen LogP contribution in [0.25, 0.3) is 5.57 Å². The average molecular weight is 788 g/mol. The molecule has 5 N–H and O–H groups in total. The number of aliphatic hydroxyl groups excluding tert-OH is 2. The summed E-state index contributed by atoms with van der Waals surface area (Å²) < 4.78 is 57.8. The van der Waals surface area contributed by atoms with Gasteiger partial charge >= 0.3 is 13.4 Å². The van der Waals surface area contributed by atoms with Crippen molar-refractivity contribution in [1.82, 2.24) is 24.2 Å². The maximum Gasteiger partial charge on any atom is 0.461 e. The fraction of sp³-hybridized carbons (Fsp3) is 0.429. The summed E-state index contributed by atoms with van der Waals surface area (Å²) in [6.45, 7) is 6.90. The lowest BCUT2D eigenvalue weighted by Gasteiger charge is -2.28. The Morgan fingerprint density at radius 3 is 2.51 bits per heavy atom. The average Bonchev–Trinajstić information content (AvgIpc) is 3.71. The second-order valence-electron chi connectivity index (χ2n) is 12.5. The molecule has 3 aromatic heterocycles. The highest BCUT2D eigenvalue weighted by Crippen LogP contribution is 2.53. The molecule has 5 rings (SSSR count). The zero-order chi connectivity index (χ0) is 40.0. The second-order valence-corrected chi connectivity index (χ2v) is 14.5. The predicted octanol–water partition coefficient (Wildman–Crippen LogP) is 2.85. The number of hydrogen-bond donors (Lipinski definition) is 4. The molecule has 4 heterocycles. The van der Waals surface area contributed by atoms with Crippen molar-refractivity contribution in [3.8, 4) is 17.2 Å². The van der Waals surface area contributed by atoms with Gasteiger partial charge in [-0.05, 0) is 50.6 Å². The Hall–Kier alpha value is -5.01. The van der Waals surface area contributed by atoms with Gasteiger partial charge in [0.05, 0.1) is 26.4 Å². The Bertz CT molecular complexity index is 2140. The van der Waals surface area contributed by atoms with Crippen LogP contribution in [-0.4, -0.2) is 101 Å². The number of nitrogen functional groups attached to an aromatic ring is 1. The first-order chi connectivity index (χ1) is 26.3. The number of aromatic nitrogens is 4. The molecule has 0 amide bonds. The normalized spacial score (nSPS) is 19.3. The molecule has 55 heavy (non-hydrogen) atoms. The van der Waals surface area contributed by atoms with E-state index < -0.39 is 56.7 Å². The van der Waals surface area contributed by atoms with E-state index in [1.165, 1.54) is 51.6 Å². The number of anilines is 3. The number of rotatable bonds is 18. The SMILES string of the molecule is C=C(C)c1c(N)ncnc1N(CC)c1cc(OP(=O)(OC[C@H]2OC(n3ccc(=O)[nH]c3=O)[C@@H](OC)C2O)N(C)CCc2ccc(OC)c(OC)c2)c(CO)o1. The first-order valence-corrected chi connectivity index (χ1v) is 18.6. The molecular formula is C35H46N7O12P. The Kier molecular flexibility index (Phi) is 13.2. The zero-order valence-corrected chi connectivity index (χ0v) is 32.2. The van der Waals surface area contributed by atoms with Crippen molar-refractivity contribution in [1.29, 1.82) is 0 Å². The van der Waals surface area contributed by atoms with E-state index in [-0.39, 0.29) is 29.8 Å². The van der Waals surface area contributed by atoms with Crippen molar-refractivity contribution in [2.75, 3.05) is 58.7 Å². The van der Waals surface area contributed by atoms with E-state index >= 15 is 0 Å². The van der Waals surface area contributed by atoms with Gasteiger partial charge in [-0.1, -0.05) is 12.6 Å². The van der Waals surface area contributed by atoms with Crippen LogP contribution in [0.3, 0.4) is 0 Å². The number of methoxy groups -OCH3 is 3. The number of hydrogen-bond acceptors (Lipinski definition) is 16. The van der Waals surface area contributed by atoms with Gasteiger partial charge in [-0.25, -0.2) is 24.0 Å². The number of aliphatic hydroxyl groups is 2. The summed E-state index contributed by atoms with van der Waals surface area (Å²) in [5.41, 5.74) is 6.67. The third kappa shape index (κ3) is 8.78. The van der Waals surface area contributed by atoms with E-state index in [4.69, 9.17) is 38.1 Å². The van der Waals surface area contributed by atoms with Crippen LogP contribution in [0.15, 0.2) is 63.4 Å². The van der Waals surface area contributed by atoms with E-state index in [1.807, 2.05) is 13.0 Å². The first kappa shape index (κ1) is 41.2. The molecule has 1 fully saturated rings. The van der Waals surface area contributed by atoms with Crippen LogP contribution >= 0.6 is 7.75 Å². The van der Waals surface area contributed by atoms with Crippen molar-refractivity contribution in [2.24, 2.45) is 0 Å². The Morgan fingerprint density at radius 2 is 1.87 bits per heavy atom. The van der Waals surface area contributed by atoms with Crippen LogP contribution in [0.5, 0.6) is 17.2 Å². The number of nitrogens with zero attached hydrogens (tertiary/aromatic N) is 5. The number of allylic oxidation sites excluding steroid dienone is 1. The summed E-state index contributed by atoms with van der Waals surface area (Å²) in [6.07, 6.45) is -1.92. The lowest BCUT2D eigenvalue weighted by molar-refractivity contribution is -0.0614. The van der Waals surface area contributed by atoms with Crippen LogP contribution in [0.2, 0.25) is 0 Å². The molecule has 0 radical (unpaired) electrons. The summed E-state index contributed by atoms with van der Waals surface area (Å²) in [6, 6.07) is 7.93. The van der Waals surface area contributed by atoms with Gasteiger partial charge in [-0.15, -0.1) is 0 Å². The van der Waals surface area contributed by atoms with Crippen molar-refractivity contribution < 1.29 is 47.2 Å². The Labute approximate surface area is 316 Å². The highest BCUT2D eigenvalue weighted by molar-refractivity contribution is 7.51. The van der Waals surface area contributed by atoms with Crippen LogP contribution in [0, 0.1) is 0 Å². The van der Waals surface area contributed by atoms with Gasteiger partial charge in [-0.3, -0.25) is 23.8 Å². The summed E-state index contributed by atoms with van der Waals surface area (Å²) >= 11 is 0. The van der Waals surface area contributed by atoms with Gasteiger partial charge in [0.15, 0.2) is 29.2 Å². The number of nitrogens with one attached hydrogen (secondary N) is 1. The van der Waals surface area contributed by atoms with Crippen LogP contribution in [0.1, 0.15) is 37.0 Å². The lowest BCUT2D eigenvalue weighted by Crippen LogP contribution is -2.38. The monoisotopic (exact) mass is 787 g/mol. The van der Waals surface area contributed by atoms with Gasteiger partial charge < -0.3 is 43.8 Å². The first-order valence-electron chi connectivity index (χ1n) is 17.1. The maximum absolute atomic E-state index is 14.9. The van der Waals surface area contributed by atoms with Crippen molar-refractivity contribution >= 4 is 30.8 Å². The summed E-state index contributed by atoms with van der Waals surface area (Å²) in [5.74, 6) is 1.64. The quantitative estimate of drug-likeness (QED) is 0.106. The minimum Gasteiger partial charge on any atom is -0.493 e. The van der Waals surface area contributed by atoms with Crippen molar-refractivity contribution in [2.45, 2.75) is 51.4 Å². The number of furan rings is 1.